The molecule has 0 atom stereocenters. The van der Waals surface area contributed by atoms with Gasteiger partial charge in [-0.15, -0.1) is 0 Å². The lowest BCUT2D eigenvalue weighted by atomic mass is 9.78. The van der Waals surface area contributed by atoms with E-state index < -0.39 is 0 Å². The topological polar surface area (TPSA) is 95.8 Å². The number of fused-ring (bicyclic) bond motifs is 2. The van der Waals surface area contributed by atoms with E-state index in [0.29, 0.717) is 17.8 Å². The van der Waals surface area contributed by atoms with Crippen molar-refractivity contribution in [3.63, 3.8) is 0 Å². The summed E-state index contributed by atoms with van der Waals surface area (Å²) in [6, 6.07) is 21.4. The van der Waals surface area contributed by atoms with E-state index in [1.165, 1.54) is 0 Å². The van der Waals surface area contributed by atoms with Crippen LogP contribution in [0, 0.1) is 0 Å². The van der Waals surface area contributed by atoms with E-state index in [4.69, 9.17) is 15.7 Å². The number of imidazole rings is 1. The molecular weight excluding hydrogens is 486 g/mol. The van der Waals surface area contributed by atoms with Gasteiger partial charge >= 0.3 is 0 Å². The van der Waals surface area contributed by atoms with Crippen molar-refractivity contribution in [3.05, 3.63) is 78.9 Å². The summed E-state index contributed by atoms with van der Waals surface area (Å²) in [6.07, 6.45) is 5.95. The average molecular weight is 520 g/mol. The predicted molar refractivity (Wildman–Crippen MR) is 154 cm³/mol. The Morgan fingerprint density at radius 3 is 2.49 bits per heavy atom. The molecule has 198 valence electrons. The first kappa shape index (κ1) is 24.2. The van der Waals surface area contributed by atoms with E-state index >= 15 is 0 Å². The number of pyridine rings is 1. The zero-order valence-corrected chi connectivity index (χ0v) is 21.9. The van der Waals surface area contributed by atoms with Crippen LogP contribution in [0.25, 0.3) is 38.9 Å². The molecule has 5 aromatic rings. The summed E-state index contributed by atoms with van der Waals surface area (Å²) >= 11 is 0. The van der Waals surface area contributed by atoms with E-state index in [-0.39, 0.29) is 6.61 Å². The molecular formula is C31H33N7O. The number of nitrogens with zero attached hydrogens (tertiary/aromatic N) is 6. The molecule has 8 nitrogen and oxygen atoms in total. The highest BCUT2D eigenvalue weighted by molar-refractivity contribution is 5.91. The van der Waals surface area contributed by atoms with Crippen LogP contribution in [0.1, 0.15) is 24.6 Å². The van der Waals surface area contributed by atoms with E-state index in [2.05, 4.69) is 61.6 Å². The molecule has 7 rings (SSSR count). The molecule has 4 heterocycles. The van der Waals surface area contributed by atoms with Crippen molar-refractivity contribution in [3.8, 4) is 22.5 Å². The number of benzene rings is 2. The standard InChI is InChI=1S/C31H33N7O/c32-30-29-28(23-7-6-22-8-9-26(34-27(22)20-23)21-4-2-1-3-5-21)35-31(38(29)11-10-33-30)24-18-25(19-24)37-14-12-36(13-15-37)16-17-39/h1-11,20,24-25,39H,12-19H2,(H2,32,33). The second-order valence-corrected chi connectivity index (χ2v) is 10.7. The summed E-state index contributed by atoms with van der Waals surface area (Å²) in [5, 5.41) is 10.3. The largest absolute Gasteiger partial charge is 0.395 e. The third-order valence-electron chi connectivity index (χ3n) is 8.46. The molecule has 0 bridgehead atoms. The zero-order valence-electron chi connectivity index (χ0n) is 21.9. The Hall–Kier alpha value is -3.85. The molecule has 0 amide bonds. The molecule has 1 aliphatic heterocycles. The SMILES string of the molecule is Nc1nccn2c(C3CC(N4CCN(CCO)CC4)C3)nc(-c3ccc4ccc(-c5ccccc5)nc4c3)c12. The van der Waals surface area contributed by atoms with Gasteiger partial charge in [-0.25, -0.2) is 15.0 Å². The van der Waals surface area contributed by atoms with Gasteiger partial charge < -0.3 is 10.8 Å². The molecule has 2 aliphatic rings. The highest BCUT2D eigenvalue weighted by atomic mass is 16.3. The minimum absolute atomic E-state index is 0.236. The van der Waals surface area contributed by atoms with Crippen LogP contribution in [-0.2, 0) is 0 Å². The van der Waals surface area contributed by atoms with Gasteiger partial charge in [0, 0.05) is 73.6 Å². The number of anilines is 1. The number of nitrogen functional groups attached to an aromatic ring is 1. The fourth-order valence-corrected chi connectivity index (χ4v) is 6.20. The molecule has 0 unspecified atom stereocenters. The van der Waals surface area contributed by atoms with Crippen molar-refractivity contribution < 1.29 is 5.11 Å². The number of aromatic nitrogens is 4. The van der Waals surface area contributed by atoms with Crippen molar-refractivity contribution in [2.45, 2.75) is 24.8 Å². The number of aliphatic hydroxyl groups excluding tert-OH is 1. The van der Waals surface area contributed by atoms with Crippen LogP contribution in [0.5, 0.6) is 0 Å². The quantitative estimate of drug-likeness (QED) is 0.349. The van der Waals surface area contributed by atoms with E-state index in [1.54, 1.807) is 6.20 Å². The lowest BCUT2D eigenvalue weighted by Gasteiger charge is -2.46. The van der Waals surface area contributed by atoms with Gasteiger partial charge in [0.1, 0.15) is 22.9 Å². The molecule has 0 radical (unpaired) electrons. The maximum Gasteiger partial charge on any atom is 0.150 e. The monoisotopic (exact) mass is 519 g/mol. The molecule has 2 fully saturated rings. The summed E-state index contributed by atoms with van der Waals surface area (Å²) in [7, 11) is 0. The summed E-state index contributed by atoms with van der Waals surface area (Å²) < 4.78 is 2.15. The van der Waals surface area contributed by atoms with Gasteiger partial charge in [-0.05, 0) is 25.0 Å². The maximum absolute atomic E-state index is 9.23. The Labute approximate surface area is 227 Å². The van der Waals surface area contributed by atoms with Gasteiger partial charge in [-0.3, -0.25) is 14.2 Å². The zero-order chi connectivity index (χ0) is 26.3. The fourth-order valence-electron chi connectivity index (χ4n) is 6.20. The molecule has 39 heavy (non-hydrogen) atoms. The number of hydrogen-bond donors (Lipinski definition) is 2. The highest BCUT2D eigenvalue weighted by Gasteiger charge is 2.38. The van der Waals surface area contributed by atoms with Crippen molar-refractivity contribution in [1.29, 1.82) is 0 Å². The highest BCUT2D eigenvalue weighted by Crippen LogP contribution is 2.42. The number of piperazine rings is 1. The Balaban J connectivity index is 1.19. The van der Waals surface area contributed by atoms with Gasteiger partial charge in [-0.1, -0.05) is 48.5 Å². The van der Waals surface area contributed by atoms with Gasteiger partial charge in [0.05, 0.1) is 17.8 Å². The first-order chi connectivity index (χ1) is 19.2. The smallest absolute Gasteiger partial charge is 0.150 e. The van der Waals surface area contributed by atoms with Crippen LogP contribution >= 0.6 is 0 Å². The molecule has 3 aromatic heterocycles. The predicted octanol–water partition coefficient (Wildman–Crippen LogP) is 4.05. The molecule has 1 aliphatic carbocycles. The Kier molecular flexibility index (Phi) is 6.23. The van der Waals surface area contributed by atoms with Crippen LogP contribution in [0.4, 0.5) is 5.82 Å². The molecule has 2 aromatic carbocycles. The summed E-state index contributed by atoms with van der Waals surface area (Å²) in [4.78, 5) is 19.5. The number of β-amino-alcohol motifs (C(OH)–C–C–N with tert-alkyl or cyclic N) is 1. The molecule has 8 heteroatoms. The van der Waals surface area contributed by atoms with E-state index in [1.807, 2.05) is 24.4 Å². The summed E-state index contributed by atoms with van der Waals surface area (Å²) in [6.45, 7) is 5.20. The minimum atomic E-state index is 0.236. The third-order valence-corrected chi connectivity index (χ3v) is 8.46. The van der Waals surface area contributed by atoms with Gasteiger partial charge in [0.25, 0.3) is 0 Å². The van der Waals surface area contributed by atoms with Gasteiger partial charge in [0.15, 0.2) is 0 Å². The molecule has 0 spiro atoms. The maximum atomic E-state index is 9.23. The number of rotatable bonds is 6. The lowest BCUT2D eigenvalue weighted by molar-refractivity contribution is 0.0440. The summed E-state index contributed by atoms with van der Waals surface area (Å²) in [5.41, 5.74) is 12.2. The number of aliphatic hydroxyl groups is 1. The molecule has 3 N–H and O–H groups in total. The van der Waals surface area contributed by atoms with Crippen LogP contribution in [0.15, 0.2) is 73.1 Å². The van der Waals surface area contributed by atoms with Gasteiger partial charge in [0.2, 0.25) is 0 Å². The lowest BCUT2D eigenvalue weighted by Crippen LogP contribution is -2.54. The summed E-state index contributed by atoms with van der Waals surface area (Å²) in [5.74, 6) is 1.94. The van der Waals surface area contributed by atoms with Crippen molar-refractivity contribution in [1.82, 2.24) is 29.2 Å². The van der Waals surface area contributed by atoms with Crippen molar-refractivity contribution >= 4 is 22.2 Å². The molecule has 1 saturated carbocycles. The first-order valence-electron chi connectivity index (χ1n) is 13.8. The van der Waals surface area contributed by atoms with Crippen LogP contribution in [0.3, 0.4) is 0 Å². The number of hydrogen-bond acceptors (Lipinski definition) is 7. The Morgan fingerprint density at radius 2 is 1.69 bits per heavy atom. The third kappa shape index (κ3) is 4.44. The first-order valence-corrected chi connectivity index (χ1v) is 13.8. The molecule has 1 saturated heterocycles. The Morgan fingerprint density at radius 1 is 0.897 bits per heavy atom. The number of nitrogens with two attached hydrogens (primary N) is 1. The normalized spacial score (nSPS) is 20.4. The van der Waals surface area contributed by atoms with Crippen molar-refractivity contribution in [2.75, 3.05) is 45.1 Å². The van der Waals surface area contributed by atoms with E-state index in [0.717, 1.165) is 90.3 Å². The van der Waals surface area contributed by atoms with Gasteiger partial charge in [-0.2, -0.15) is 0 Å². The fraction of sp³-hybridized carbons (Fsp3) is 0.323. The van der Waals surface area contributed by atoms with Crippen LogP contribution < -0.4 is 5.73 Å². The average Bonchev–Trinajstić information content (AvgIpc) is 3.34. The Bertz CT molecular complexity index is 1620. The van der Waals surface area contributed by atoms with E-state index in [9.17, 15) is 5.11 Å². The second-order valence-electron chi connectivity index (χ2n) is 10.7. The van der Waals surface area contributed by atoms with Crippen LogP contribution in [-0.4, -0.2) is 79.6 Å². The van der Waals surface area contributed by atoms with Crippen LogP contribution in [0.2, 0.25) is 0 Å². The van der Waals surface area contributed by atoms with Crippen molar-refractivity contribution in [2.24, 2.45) is 0 Å². The second kappa shape index (κ2) is 10.0. The minimum Gasteiger partial charge on any atom is -0.395 e.